The number of hydrogen-bond donors (Lipinski definition) is 1. The molecular formula is C22H34O4S. The minimum Gasteiger partial charge on any atom is -0.344 e. The zero-order chi connectivity index (χ0) is 19.2. The number of carbonyl (C=O) groups excluding carboxylic acids is 1. The van der Waals surface area contributed by atoms with Gasteiger partial charge in [-0.15, -0.1) is 0 Å². The fourth-order valence-electron chi connectivity index (χ4n) is 8.01. The highest BCUT2D eigenvalue weighted by molar-refractivity contribution is 7.75. The van der Waals surface area contributed by atoms with E-state index in [1.807, 2.05) is 0 Å². The minimum absolute atomic E-state index is 0.107. The van der Waals surface area contributed by atoms with E-state index < -0.39 is 5.79 Å². The van der Waals surface area contributed by atoms with E-state index in [0.717, 1.165) is 44.9 Å². The Kier molecular flexibility index (Phi) is 4.17. The molecule has 4 nitrogen and oxygen atoms in total. The van der Waals surface area contributed by atoms with Gasteiger partial charge in [-0.05, 0) is 94.4 Å². The summed E-state index contributed by atoms with van der Waals surface area (Å²) in [6.45, 7) is 8.83. The standard InChI is InChI=1S/C22H34O4S/c1-20(2)24-18-15-11-12(26-27)7-9-21(15,3)14-8-10-22(4)13(5-6-16(22)23)17(14)19(18)25-20/h12-15,17-19,27H,5-11H2,1-4H3/t12-,13?,14?,15?,17?,18+,19+,21+,22-/m0/s1. The molecule has 27 heavy (non-hydrogen) atoms. The quantitative estimate of drug-likeness (QED) is 0.523. The van der Waals surface area contributed by atoms with Crippen LogP contribution in [0.15, 0.2) is 0 Å². The van der Waals surface area contributed by atoms with E-state index in [1.165, 1.54) is 0 Å². The lowest BCUT2D eigenvalue weighted by atomic mass is 9.44. The third-order valence-corrected chi connectivity index (χ3v) is 9.64. The molecule has 5 heteroatoms. The molecule has 1 saturated heterocycles. The SMILES string of the molecule is CC1(C)O[C@@H]2C3C(CC[C@]4(C)C(=O)CCC34)[C@@]3(C)CC[C@H](OS)CC3[C@H]2O1. The van der Waals surface area contributed by atoms with Crippen LogP contribution in [-0.2, 0) is 18.5 Å². The number of thiol groups is 1. The van der Waals surface area contributed by atoms with Crippen molar-refractivity contribution in [1.82, 2.24) is 0 Å². The van der Waals surface area contributed by atoms with Crippen LogP contribution in [0, 0.1) is 34.5 Å². The maximum Gasteiger partial charge on any atom is 0.163 e. The summed E-state index contributed by atoms with van der Waals surface area (Å²) in [4.78, 5) is 12.8. The van der Waals surface area contributed by atoms with Gasteiger partial charge in [0.15, 0.2) is 5.79 Å². The van der Waals surface area contributed by atoms with Crippen LogP contribution in [-0.4, -0.2) is 29.9 Å². The van der Waals surface area contributed by atoms with E-state index in [-0.39, 0.29) is 29.1 Å². The van der Waals surface area contributed by atoms with Crippen molar-refractivity contribution < 1.29 is 18.5 Å². The van der Waals surface area contributed by atoms with Crippen molar-refractivity contribution in [3.8, 4) is 0 Å². The van der Waals surface area contributed by atoms with Gasteiger partial charge in [0.2, 0.25) is 0 Å². The normalized spacial score (nSPS) is 56.2. The molecule has 0 bridgehead atoms. The van der Waals surface area contributed by atoms with E-state index in [9.17, 15) is 4.79 Å². The number of ketones is 1. The first-order valence-electron chi connectivity index (χ1n) is 10.9. The maximum absolute atomic E-state index is 12.8. The van der Waals surface area contributed by atoms with Gasteiger partial charge in [0.1, 0.15) is 5.78 Å². The van der Waals surface area contributed by atoms with Crippen molar-refractivity contribution in [2.75, 3.05) is 0 Å². The first-order valence-corrected chi connectivity index (χ1v) is 11.3. The Hall–Kier alpha value is -0.100. The number of fused-ring (bicyclic) bond motifs is 8. The Bertz CT molecular complexity index is 650. The van der Waals surface area contributed by atoms with Crippen LogP contribution in [0.25, 0.3) is 0 Å². The van der Waals surface area contributed by atoms with Crippen molar-refractivity contribution in [3.63, 3.8) is 0 Å². The fourth-order valence-corrected chi connectivity index (χ4v) is 8.21. The number of ether oxygens (including phenoxy) is 2. The average molecular weight is 395 g/mol. The van der Waals surface area contributed by atoms with Gasteiger partial charge in [-0.1, -0.05) is 13.8 Å². The Morgan fingerprint density at radius 1 is 0.963 bits per heavy atom. The smallest absolute Gasteiger partial charge is 0.163 e. The third kappa shape index (κ3) is 2.50. The lowest BCUT2D eigenvalue weighted by molar-refractivity contribution is -0.184. The Labute approximate surface area is 168 Å². The number of carbonyl (C=O) groups is 1. The molecule has 9 atom stereocenters. The Balaban J connectivity index is 1.57. The van der Waals surface area contributed by atoms with E-state index in [0.29, 0.717) is 29.5 Å². The van der Waals surface area contributed by atoms with Crippen molar-refractivity contribution in [2.24, 2.45) is 34.5 Å². The summed E-state index contributed by atoms with van der Waals surface area (Å²) in [6, 6.07) is 0. The summed E-state index contributed by atoms with van der Waals surface area (Å²) in [5.74, 6) is 1.89. The highest BCUT2D eigenvalue weighted by atomic mass is 32.1. The second-order valence-corrected chi connectivity index (χ2v) is 11.1. The predicted octanol–water partition coefficient (Wildman–Crippen LogP) is 4.57. The summed E-state index contributed by atoms with van der Waals surface area (Å²) >= 11 is 4.13. The summed E-state index contributed by atoms with van der Waals surface area (Å²) in [7, 11) is 0. The predicted molar refractivity (Wildman–Crippen MR) is 105 cm³/mol. The largest absolute Gasteiger partial charge is 0.344 e. The highest BCUT2D eigenvalue weighted by Crippen LogP contribution is 2.67. The average Bonchev–Trinajstić information content (AvgIpc) is 3.10. The van der Waals surface area contributed by atoms with Crippen LogP contribution in [0.4, 0.5) is 0 Å². The van der Waals surface area contributed by atoms with Gasteiger partial charge in [-0.25, -0.2) is 0 Å². The molecule has 0 N–H and O–H groups in total. The molecule has 0 spiro atoms. The van der Waals surface area contributed by atoms with Gasteiger partial charge in [-0.2, -0.15) is 0 Å². The van der Waals surface area contributed by atoms with Crippen LogP contribution in [0.5, 0.6) is 0 Å². The molecule has 5 rings (SSSR count). The molecule has 0 radical (unpaired) electrons. The molecule has 1 heterocycles. The van der Waals surface area contributed by atoms with Crippen LogP contribution >= 0.6 is 12.9 Å². The third-order valence-electron chi connectivity index (χ3n) is 9.35. The van der Waals surface area contributed by atoms with Crippen LogP contribution in [0.2, 0.25) is 0 Å². The topological polar surface area (TPSA) is 44.8 Å². The first-order chi connectivity index (χ1) is 12.7. The van der Waals surface area contributed by atoms with Crippen molar-refractivity contribution in [1.29, 1.82) is 0 Å². The molecule has 5 aliphatic rings. The molecule has 0 aromatic rings. The van der Waals surface area contributed by atoms with Gasteiger partial charge in [0.25, 0.3) is 0 Å². The van der Waals surface area contributed by atoms with Crippen molar-refractivity contribution >= 4 is 18.7 Å². The second kappa shape index (κ2) is 5.96. The van der Waals surface area contributed by atoms with E-state index in [1.54, 1.807) is 0 Å². The minimum atomic E-state index is -0.545. The number of Topliss-reactive ketones (excluding diaryl/α,β-unsaturated/α-hetero) is 1. The van der Waals surface area contributed by atoms with Crippen molar-refractivity contribution in [2.45, 2.75) is 96.7 Å². The molecule has 1 aliphatic heterocycles. The lowest BCUT2D eigenvalue weighted by Gasteiger charge is -2.62. The fraction of sp³-hybridized carbons (Fsp3) is 0.955. The molecule has 0 aromatic carbocycles. The molecule has 5 fully saturated rings. The van der Waals surface area contributed by atoms with Crippen LogP contribution < -0.4 is 0 Å². The van der Waals surface area contributed by atoms with Crippen molar-refractivity contribution in [3.05, 3.63) is 0 Å². The van der Waals surface area contributed by atoms with E-state index in [4.69, 9.17) is 13.7 Å². The van der Waals surface area contributed by atoms with Crippen LogP contribution in [0.1, 0.15) is 72.6 Å². The summed E-state index contributed by atoms with van der Waals surface area (Å²) in [5, 5.41) is 0. The van der Waals surface area contributed by atoms with E-state index in [2.05, 4.69) is 40.6 Å². The summed E-state index contributed by atoms with van der Waals surface area (Å²) < 4.78 is 18.6. The molecule has 4 saturated carbocycles. The summed E-state index contributed by atoms with van der Waals surface area (Å²) in [6.07, 6.45) is 7.64. The molecule has 4 aliphatic carbocycles. The van der Waals surface area contributed by atoms with Gasteiger partial charge in [0, 0.05) is 11.8 Å². The van der Waals surface area contributed by atoms with Gasteiger partial charge in [0.05, 0.1) is 18.3 Å². The Morgan fingerprint density at radius 3 is 2.44 bits per heavy atom. The molecule has 152 valence electrons. The number of hydrogen-bond acceptors (Lipinski definition) is 5. The molecular weight excluding hydrogens is 360 g/mol. The zero-order valence-corrected chi connectivity index (χ0v) is 18.0. The van der Waals surface area contributed by atoms with Crippen LogP contribution in [0.3, 0.4) is 0 Å². The lowest BCUT2D eigenvalue weighted by Crippen LogP contribution is -2.63. The second-order valence-electron chi connectivity index (χ2n) is 10.9. The highest BCUT2D eigenvalue weighted by Gasteiger charge is 2.68. The van der Waals surface area contributed by atoms with Gasteiger partial charge < -0.3 is 13.7 Å². The van der Waals surface area contributed by atoms with E-state index >= 15 is 0 Å². The molecule has 0 amide bonds. The first kappa shape index (κ1) is 18.9. The molecule has 4 unspecified atom stereocenters. The zero-order valence-electron chi connectivity index (χ0n) is 17.1. The van der Waals surface area contributed by atoms with Gasteiger partial charge in [-0.3, -0.25) is 4.79 Å². The number of rotatable bonds is 1. The molecule has 0 aromatic heterocycles. The van der Waals surface area contributed by atoms with Gasteiger partial charge >= 0.3 is 0 Å². The monoisotopic (exact) mass is 394 g/mol. The summed E-state index contributed by atoms with van der Waals surface area (Å²) in [5.41, 5.74) is 0.0990. The maximum atomic E-state index is 12.8. The Morgan fingerprint density at radius 2 is 1.70 bits per heavy atom.